The quantitative estimate of drug-likeness (QED) is 0.384. The van der Waals surface area contributed by atoms with Crippen molar-refractivity contribution in [2.75, 3.05) is 7.11 Å². The third-order valence-corrected chi connectivity index (χ3v) is 5.40. The van der Waals surface area contributed by atoms with Gasteiger partial charge in [-0.25, -0.2) is 0 Å². The van der Waals surface area contributed by atoms with Crippen molar-refractivity contribution in [1.82, 2.24) is 0 Å². The number of hydrogen-bond acceptors (Lipinski definition) is 1. The molecule has 0 bridgehead atoms. The lowest BCUT2D eigenvalue weighted by Gasteiger charge is -2.41. The molecule has 1 heteroatoms. The van der Waals surface area contributed by atoms with Gasteiger partial charge in [-0.15, -0.1) is 0 Å². The van der Waals surface area contributed by atoms with Crippen molar-refractivity contribution < 1.29 is 4.74 Å². The first-order valence-electron chi connectivity index (χ1n) is 9.62. The van der Waals surface area contributed by atoms with E-state index in [1.54, 1.807) is 0 Å². The van der Waals surface area contributed by atoms with Gasteiger partial charge in [-0.1, -0.05) is 121 Å². The summed E-state index contributed by atoms with van der Waals surface area (Å²) >= 11 is 0. The van der Waals surface area contributed by atoms with Gasteiger partial charge in [0, 0.05) is 13.0 Å². The van der Waals surface area contributed by atoms with Crippen molar-refractivity contribution >= 4 is 0 Å². The molecule has 0 amide bonds. The predicted octanol–water partition coefficient (Wildman–Crippen LogP) is 6.41. The Bertz CT molecular complexity index is 900. The van der Waals surface area contributed by atoms with E-state index in [0.29, 0.717) is 0 Å². The highest BCUT2D eigenvalue weighted by Crippen LogP contribution is 2.48. The standard InChI is InChI=1S/C27H24O/c1-28-27(24-18-10-4-11-19-24,25-20-12-5-13-21-25)26(22-14-6-2-7-15-22)23-16-8-3-9-17-23/h2-21,26H,1H3. The summed E-state index contributed by atoms with van der Waals surface area (Å²) in [5.41, 5.74) is 4.08. The fourth-order valence-corrected chi connectivity index (χ4v) is 4.18. The van der Waals surface area contributed by atoms with Gasteiger partial charge >= 0.3 is 0 Å². The minimum absolute atomic E-state index is 0.00435. The maximum absolute atomic E-state index is 6.48. The van der Waals surface area contributed by atoms with E-state index in [-0.39, 0.29) is 5.92 Å². The molecule has 0 aliphatic carbocycles. The van der Waals surface area contributed by atoms with Gasteiger partial charge in [-0.3, -0.25) is 0 Å². The van der Waals surface area contributed by atoms with E-state index in [0.717, 1.165) is 11.1 Å². The molecule has 0 saturated heterocycles. The SMILES string of the molecule is COC(c1ccccc1)(c1ccccc1)C(c1ccccc1)c1ccccc1. The molecule has 0 spiro atoms. The summed E-state index contributed by atoms with van der Waals surface area (Å²) in [6.07, 6.45) is 0. The Labute approximate surface area is 167 Å². The molecule has 4 rings (SSSR count). The fourth-order valence-electron chi connectivity index (χ4n) is 4.18. The minimum Gasteiger partial charge on any atom is -0.368 e. The summed E-state index contributed by atoms with van der Waals surface area (Å²) in [6.45, 7) is 0. The molecule has 1 nitrogen and oxygen atoms in total. The zero-order valence-electron chi connectivity index (χ0n) is 16.0. The molecule has 0 aromatic heterocycles. The highest BCUT2D eigenvalue weighted by atomic mass is 16.5. The lowest BCUT2D eigenvalue weighted by Crippen LogP contribution is -2.38. The van der Waals surface area contributed by atoms with E-state index in [2.05, 4.69) is 121 Å². The zero-order chi connectivity index (χ0) is 19.2. The largest absolute Gasteiger partial charge is 0.368 e. The molecule has 0 aliphatic heterocycles. The summed E-state index contributed by atoms with van der Waals surface area (Å²) in [5, 5.41) is 0. The van der Waals surface area contributed by atoms with Gasteiger partial charge in [-0.05, 0) is 22.3 Å². The Morgan fingerprint density at radius 1 is 0.500 bits per heavy atom. The molecular formula is C27H24O. The minimum atomic E-state index is -0.648. The van der Waals surface area contributed by atoms with E-state index < -0.39 is 5.60 Å². The van der Waals surface area contributed by atoms with E-state index >= 15 is 0 Å². The number of hydrogen-bond donors (Lipinski definition) is 0. The number of benzene rings is 4. The average Bonchev–Trinajstić information content (AvgIpc) is 2.80. The Morgan fingerprint density at radius 3 is 1.14 bits per heavy atom. The average molecular weight is 364 g/mol. The van der Waals surface area contributed by atoms with Crippen molar-refractivity contribution in [3.8, 4) is 0 Å². The molecule has 4 aromatic carbocycles. The lowest BCUT2D eigenvalue weighted by atomic mass is 9.70. The highest BCUT2D eigenvalue weighted by molar-refractivity contribution is 5.47. The molecule has 0 atom stereocenters. The van der Waals surface area contributed by atoms with Crippen LogP contribution in [0.4, 0.5) is 0 Å². The van der Waals surface area contributed by atoms with Crippen LogP contribution in [0.5, 0.6) is 0 Å². The van der Waals surface area contributed by atoms with Crippen LogP contribution in [0.2, 0.25) is 0 Å². The molecule has 0 unspecified atom stereocenters. The predicted molar refractivity (Wildman–Crippen MR) is 115 cm³/mol. The van der Waals surface area contributed by atoms with Gasteiger partial charge in [-0.2, -0.15) is 0 Å². The van der Waals surface area contributed by atoms with Crippen LogP contribution in [0.1, 0.15) is 28.2 Å². The molecular weight excluding hydrogens is 340 g/mol. The van der Waals surface area contributed by atoms with Gasteiger partial charge in [0.15, 0.2) is 0 Å². The van der Waals surface area contributed by atoms with Gasteiger partial charge < -0.3 is 4.74 Å². The molecule has 0 aliphatic rings. The molecule has 138 valence electrons. The van der Waals surface area contributed by atoms with Crippen LogP contribution in [-0.2, 0) is 10.3 Å². The summed E-state index contributed by atoms with van der Waals surface area (Å²) < 4.78 is 6.48. The second kappa shape index (κ2) is 8.24. The van der Waals surface area contributed by atoms with Crippen molar-refractivity contribution in [2.45, 2.75) is 11.5 Å². The second-order valence-electron chi connectivity index (χ2n) is 6.93. The first-order chi connectivity index (χ1) is 13.9. The third-order valence-electron chi connectivity index (χ3n) is 5.40. The van der Waals surface area contributed by atoms with E-state index in [1.165, 1.54) is 11.1 Å². The van der Waals surface area contributed by atoms with Crippen LogP contribution < -0.4 is 0 Å². The topological polar surface area (TPSA) is 9.23 Å². The van der Waals surface area contributed by atoms with Crippen LogP contribution >= 0.6 is 0 Å². The summed E-state index contributed by atoms with van der Waals surface area (Å²) in [5.74, 6) is 0.00435. The number of ether oxygens (including phenoxy) is 1. The van der Waals surface area contributed by atoms with Gasteiger partial charge in [0.2, 0.25) is 0 Å². The Morgan fingerprint density at radius 2 is 0.821 bits per heavy atom. The monoisotopic (exact) mass is 364 g/mol. The fraction of sp³-hybridized carbons (Fsp3) is 0.111. The first-order valence-corrected chi connectivity index (χ1v) is 9.62. The van der Waals surface area contributed by atoms with Crippen molar-refractivity contribution in [1.29, 1.82) is 0 Å². The van der Waals surface area contributed by atoms with Crippen molar-refractivity contribution in [3.05, 3.63) is 144 Å². The molecule has 0 fully saturated rings. The number of methoxy groups -OCH3 is 1. The Balaban J connectivity index is 2.05. The van der Waals surface area contributed by atoms with Crippen LogP contribution in [0.15, 0.2) is 121 Å². The maximum Gasteiger partial charge on any atom is 0.129 e. The molecule has 0 radical (unpaired) electrons. The summed E-state index contributed by atoms with van der Waals surface area (Å²) in [7, 11) is 1.82. The van der Waals surface area contributed by atoms with E-state index in [4.69, 9.17) is 4.74 Å². The smallest absolute Gasteiger partial charge is 0.129 e. The second-order valence-corrected chi connectivity index (χ2v) is 6.93. The van der Waals surface area contributed by atoms with Crippen LogP contribution in [0, 0.1) is 0 Å². The Kier molecular flexibility index (Phi) is 5.36. The number of rotatable bonds is 6. The van der Waals surface area contributed by atoms with Crippen molar-refractivity contribution in [2.24, 2.45) is 0 Å². The van der Waals surface area contributed by atoms with Gasteiger partial charge in [0.1, 0.15) is 5.60 Å². The molecule has 4 aromatic rings. The molecule has 0 heterocycles. The van der Waals surface area contributed by atoms with Gasteiger partial charge in [0.25, 0.3) is 0 Å². The van der Waals surface area contributed by atoms with Crippen LogP contribution in [-0.4, -0.2) is 7.11 Å². The van der Waals surface area contributed by atoms with Crippen molar-refractivity contribution in [3.63, 3.8) is 0 Å². The van der Waals surface area contributed by atoms with E-state index in [1.807, 2.05) is 7.11 Å². The third kappa shape index (κ3) is 3.26. The molecule has 0 saturated carbocycles. The van der Waals surface area contributed by atoms with Crippen LogP contribution in [0.25, 0.3) is 0 Å². The molecule has 0 N–H and O–H groups in total. The van der Waals surface area contributed by atoms with Crippen LogP contribution in [0.3, 0.4) is 0 Å². The Hall–Kier alpha value is -3.16. The lowest BCUT2D eigenvalue weighted by molar-refractivity contribution is 0.00744. The molecule has 28 heavy (non-hydrogen) atoms. The first kappa shape index (κ1) is 18.2. The van der Waals surface area contributed by atoms with E-state index in [9.17, 15) is 0 Å². The highest BCUT2D eigenvalue weighted by Gasteiger charge is 2.44. The summed E-state index contributed by atoms with van der Waals surface area (Å²) in [6, 6.07) is 42.4. The maximum atomic E-state index is 6.48. The zero-order valence-corrected chi connectivity index (χ0v) is 16.0. The van der Waals surface area contributed by atoms with Gasteiger partial charge in [0.05, 0.1) is 0 Å². The summed E-state index contributed by atoms with van der Waals surface area (Å²) in [4.78, 5) is 0. The normalized spacial score (nSPS) is 11.5.